The molecule has 70 valence electrons. The van der Waals surface area contributed by atoms with E-state index in [1.54, 1.807) is 7.11 Å². The van der Waals surface area contributed by atoms with Crippen molar-refractivity contribution >= 4 is 0 Å². The smallest absolute Gasteiger partial charge is 0.0742 e. The molecule has 0 spiro atoms. The van der Waals surface area contributed by atoms with Gasteiger partial charge < -0.3 is 14.9 Å². The largest absolute Gasteiger partial charge is 0.394 e. The van der Waals surface area contributed by atoms with Crippen molar-refractivity contribution in [2.75, 3.05) is 20.3 Å². The van der Waals surface area contributed by atoms with E-state index in [0.717, 1.165) is 6.61 Å². The second-order valence-electron chi connectivity index (χ2n) is 2.38. The summed E-state index contributed by atoms with van der Waals surface area (Å²) in [7, 11) is 1.73. The van der Waals surface area contributed by atoms with Gasteiger partial charge >= 0.3 is 0 Å². The highest BCUT2D eigenvalue weighted by Crippen LogP contribution is 1.83. The first-order chi connectivity index (χ1) is 5.18. The van der Waals surface area contributed by atoms with Gasteiger partial charge in [0.05, 0.1) is 12.7 Å². The maximum absolute atomic E-state index is 8.11. The zero-order valence-electron chi connectivity index (χ0n) is 7.71. The zero-order valence-corrected chi connectivity index (χ0v) is 7.71. The van der Waals surface area contributed by atoms with Crippen LogP contribution in [0.1, 0.15) is 26.7 Å². The van der Waals surface area contributed by atoms with Crippen molar-refractivity contribution in [3.05, 3.63) is 0 Å². The molecule has 0 amide bonds. The molecule has 1 atom stereocenters. The third-order valence-corrected chi connectivity index (χ3v) is 0.966. The van der Waals surface area contributed by atoms with Crippen LogP contribution < -0.4 is 0 Å². The molecule has 0 radical (unpaired) electrons. The highest BCUT2D eigenvalue weighted by Gasteiger charge is 1.83. The second kappa shape index (κ2) is 12.5. The monoisotopic (exact) mass is 164 g/mol. The Morgan fingerprint density at radius 1 is 1.45 bits per heavy atom. The maximum atomic E-state index is 8.11. The maximum Gasteiger partial charge on any atom is 0.0742 e. The van der Waals surface area contributed by atoms with E-state index >= 15 is 0 Å². The Balaban J connectivity index is 0. The van der Waals surface area contributed by atoms with Crippen LogP contribution in [0.4, 0.5) is 0 Å². The molecule has 0 aromatic heterocycles. The topological polar surface area (TPSA) is 49.7 Å². The van der Waals surface area contributed by atoms with Gasteiger partial charge in [-0.2, -0.15) is 0 Å². The minimum atomic E-state index is -0.560. The van der Waals surface area contributed by atoms with E-state index in [1.807, 2.05) is 0 Å². The Bertz CT molecular complexity index is 51.3. The van der Waals surface area contributed by atoms with Crippen LogP contribution in [-0.2, 0) is 4.74 Å². The molecule has 2 N–H and O–H groups in total. The Hall–Kier alpha value is -0.120. The number of aliphatic hydroxyl groups excluding tert-OH is 2. The normalized spacial score (nSPS) is 11.7. The Labute approximate surface area is 69.0 Å². The molecule has 0 rings (SSSR count). The lowest BCUT2D eigenvalue weighted by Crippen LogP contribution is -2.03. The number of aliphatic hydroxyl groups is 2. The SMILES string of the molecule is CC(O)CO.CCCCOC. The van der Waals surface area contributed by atoms with Gasteiger partial charge in [-0.1, -0.05) is 13.3 Å². The molecule has 0 heterocycles. The minimum absolute atomic E-state index is 0.139. The molecular weight excluding hydrogens is 144 g/mol. The molecule has 11 heavy (non-hydrogen) atoms. The van der Waals surface area contributed by atoms with Crippen molar-refractivity contribution in [2.45, 2.75) is 32.8 Å². The third kappa shape index (κ3) is 25.8. The van der Waals surface area contributed by atoms with Crippen LogP contribution in [0.3, 0.4) is 0 Å². The van der Waals surface area contributed by atoms with Gasteiger partial charge in [0.25, 0.3) is 0 Å². The van der Waals surface area contributed by atoms with E-state index in [9.17, 15) is 0 Å². The van der Waals surface area contributed by atoms with Gasteiger partial charge in [0.1, 0.15) is 0 Å². The highest BCUT2D eigenvalue weighted by molar-refractivity contribution is 4.34. The van der Waals surface area contributed by atoms with Crippen molar-refractivity contribution in [1.82, 2.24) is 0 Å². The molecule has 0 aromatic rings. The minimum Gasteiger partial charge on any atom is -0.394 e. The fourth-order valence-electron chi connectivity index (χ4n) is 0.289. The van der Waals surface area contributed by atoms with E-state index in [4.69, 9.17) is 14.9 Å². The van der Waals surface area contributed by atoms with Gasteiger partial charge in [-0.3, -0.25) is 0 Å². The van der Waals surface area contributed by atoms with E-state index in [-0.39, 0.29) is 6.61 Å². The molecule has 0 aliphatic carbocycles. The van der Waals surface area contributed by atoms with Gasteiger partial charge in [0.15, 0.2) is 0 Å². The van der Waals surface area contributed by atoms with Gasteiger partial charge in [0.2, 0.25) is 0 Å². The van der Waals surface area contributed by atoms with Gasteiger partial charge in [-0.05, 0) is 13.3 Å². The summed E-state index contributed by atoms with van der Waals surface area (Å²) in [6.45, 7) is 4.45. The van der Waals surface area contributed by atoms with Crippen molar-refractivity contribution in [3.8, 4) is 0 Å². The number of hydrogen-bond acceptors (Lipinski definition) is 3. The summed E-state index contributed by atoms with van der Waals surface area (Å²) in [6.07, 6.45) is 1.86. The summed E-state index contributed by atoms with van der Waals surface area (Å²) >= 11 is 0. The molecule has 0 aliphatic heterocycles. The first-order valence-corrected chi connectivity index (χ1v) is 3.96. The molecule has 3 heteroatoms. The zero-order chi connectivity index (χ0) is 9.11. The summed E-state index contributed by atoms with van der Waals surface area (Å²) in [6, 6.07) is 0. The first kappa shape index (κ1) is 13.5. The van der Waals surface area contributed by atoms with Crippen LogP contribution in [0.2, 0.25) is 0 Å². The van der Waals surface area contributed by atoms with E-state index in [1.165, 1.54) is 19.8 Å². The Kier molecular flexibility index (Phi) is 15.4. The van der Waals surface area contributed by atoms with Gasteiger partial charge in [0, 0.05) is 13.7 Å². The van der Waals surface area contributed by atoms with Gasteiger partial charge in [-0.15, -0.1) is 0 Å². The third-order valence-electron chi connectivity index (χ3n) is 0.966. The van der Waals surface area contributed by atoms with Crippen LogP contribution in [-0.4, -0.2) is 36.6 Å². The molecule has 1 unspecified atom stereocenters. The average Bonchev–Trinajstić information content (AvgIpc) is 2.02. The Morgan fingerprint density at radius 3 is 2.00 bits per heavy atom. The summed E-state index contributed by atoms with van der Waals surface area (Å²) < 4.78 is 4.78. The van der Waals surface area contributed by atoms with E-state index < -0.39 is 6.10 Å². The number of methoxy groups -OCH3 is 1. The summed E-state index contributed by atoms with van der Waals surface area (Å²) in [5.41, 5.74) is 0. The summed E-state index contributed by atoms with van der Waals surface area (Å²) in [5.74, 6) is 0. The molecule has 0 bridgehead atoms. The van der Waals surface area contributed by atoms with Crippen LogP contribution in [0.5, 0.6) is 0 Å². The predicted molar refractivity (Wildman–Crippen MR) is 45.6 cm³/mol. The van der Waals surface area contributed by atoms with Crippen molar-refractivity contribution in [2.24, 2.45) is 0 Å². The molecular formula is C8H20O3. The van der Waals surface area contributed by atoms with Crippen LogP contribution in [0, 0.1) is 0 Å². The van der Waals surface area contributed by atoms with E-state index in [0.29, 0.717) is 0 Å². The van der Waals surface area contributed by atoms with Crippen LogP contribution in [0.15, 0.2) is 0 Å². The lowest BCUT2D eigenvalue weighted by molar-refractivity contribution is 0.110. The lowest BCUT2D eigenvalue weighted by atomic mass is 10.4. The Morgan fingerprint density at radius 2 is 1.91 bits per heavy atom. The fraction of sp³-hybridized carbons (Fsp3) is 1.00. The fourth-order valence-corrected chi connectivity index (χ4v) is 0.289. The standard InChI is InChI=1S/C5H12O.C3H8O2/c1-3-4-5-6-2;1-3(5)2-4/h3-5H2,1-2H3;3-5H,2H2,1H3. The lowest BCUT2D eigenvalue weighted by Gasteiger charge is -1.90. The molecule has 0 fully saturated rings. The van der Waals surface area contributed by atoms with Crippen molar-refractivity contribution < 1.29 is 14.9 Å². The van der Waals surface area contributed by atoms with Crippen molar-refractivity contribution in [3.63, 3.8) is 0 Å². The molecule has 0 saturated heterocycles. The number of hydrogen-bond donors (Lipinski definition) is 2. The van der Waals surface area contributed by atoms with Crippen LogP contribution >= 0.6 is 0 Å². The average molecular weight is 164 g/mol. The number of ether oxygens (including phenoxy) is 1. The number of unbranched alkanes of at least 4 members (excludes halogenated alkanes) is 1. The van der Waals surface area contributed by atoms with Crippen LogP contribution in [0.25, 0.3) is 0 Å². The first-order valence-electron chi connectivity index (χ1n) is 3.96. The summed E-state index contributed by atoms with van der Waals surface area (Å²) in [4.78, 5) is 0. The quantitative estimate of drug-likeness (QED) is 0.604. The predicted octanol–water partition coefficient (Wildman–Crippen LogP) is 0.792. The van der Waals surface area contributed by atoms with E-state index in [2.05, 4.69) is 6.92 Å². The molecule has 0 saturated carbocycles. The number of rotatable bonds is 4. The van der Waals surface area contributed by atoms with Gasteiger partial charge in [-0.25, -0.2) is 0 Å². The highest BCUT2D eigenvalue weighted by atomic mass is 16.5. The molecule has 0 aliphatic rings. The molecule has 0 aromatic carbocycles. The molecule has 3 nitrogen and oxygen atoms in total. The summed E-state index contributed by atoms with van der Waals surface area (Å²) in [5, 5.41) is 16.0. The second-order valence-corrected chi connectivity index (χ2v) is 2.38. The van der Waals surface area contributed by atoms with Crippen molar-refractivity contribution in [1.29, 1.82) is 0 Å².